The summed E-state index contributed by atoms with van der Waals surface area (Å²) in [6.07, 6.45) is 1.32. The molecule has 40 heavy (non-hydrogen) atoms. The fourth-order valence-electron chi connectivity index (χ4n) is 3.42. The number of hydrazone groups is 1. The van der Waals surface area contributed by atoms with Crippen LogP contribution < -0.4 is 25.5 Å². The monoisotopic (exact) mass is 536 g/mol. The van der Waals surface area contributed by atoms with Crippen molar-refractivity contribution in [3.05, 3.63) is 120 Å². The van der Waals surface area contributed by atoms with E-state index in [1.807, 2.05) is 6.07 Å². The minimum Gasteiger partial charge on any atom is -0.497 e. The number of esters is 1. The molecule has 3 amide bonds. The number of benzene rings is 4. The lowest BCUT2D eigenvalue weighted by Gasteiger charge is -2.11. The van der Waals surface area contributed by atoms with Crippen molar-refractivity contribution in [1.29, 1.82) is 0 Å². The SMILES string of the molecule is COc1ccc(C(=O)Oc2ccc(/C=N\NC(=O)C(=O)Nc3ccccc3C(=O)Nc3ccccc3)cc2)cc1. The summed E-state index contributed by atoms with van der Waals surface area (Å²) >= 11 is 0. The number of carbonyl (C=O) groups is 4. The molecule has 0 saturated carbocycles. The molecule has 4 rings (SSSR count). The number of rotatable bonds is 8. The highest BCUT2D eigenvalue weighted by Gasteiger charge is 2.18. The van der Waals surface area contributed by atoms with Crippen LogP contribution in [-0.4, -0.2) is 37.0 Å². The van der Waals surface area contributed by atoms with E-state index in [9.17, 15) is 19.2 Å². The molecule has 0 aliphatic rings. The zero-order valence-corrected chi connectivity index (χ0v) is 21.3. The molecule has 0 saturated heterocycles. The Labute approximate surface area is 229 Å². The zero-order valence-electron chi connectivity index (χ0n) is 21.3. The van der Waals surface area contributed by atoms with Crippen molar-refractivity contribution < 1.29 is 28.7 Å². The maximum atomic E-state index is 12.7. The smallest absolute Gasteiger partial charge is 0.343 e. The summed E-state index contributed by atoms with van der Waals surface area (Å²) in [7, 11) is 1.54. The highest BCUT2D eigenvalue weighted by molar-refractivity contribution is 6.40. The first-order valence-electron chi connectivity index (χ1n) is 12.0. The standard InChI is InChI=1S/C30H24N4O6/c1-39-23-17-13-21(14-18-23)30(38)40-24-15-11-20(12-16-24)19-31-34-29(37)28(36)33-26-10-6-5-9-25(26)27(35)32-22-7-3-2-4-8-22/h2-19H,1H3,(H,32,35)(H,33,36)(H,34,37)/b31-19-. The number of amides is 3. The fourth-order valence-corrected chi connectivity index (χ4v) is 3.42. The number of ether oxygens (including phenoxy) is 2. The molecule has 0 bridgehead atoms. The number of hydrogen-bond acceptors (Lipinski definition) is 7. The van der Waals surface area contributed by atoms with Gasteiger partial charge in [0.05, 0.1) is 30.1 Å². The predicted molar refractivity (Wildman–Crippen MR) is 150 cm³/mol. The first kappa shape index (κ1) is 27.3. The van der Waals surface area contributed by atoms with Gasteiger partial charge in [0.25, 0.3) is 5.91 Å². The minimum atomic E-state index is -1.03. The summed E-state index contributed by atoms with van der Waals surface area (Å²) in [6.45, 7) is 0. The number of hydrogen-bond donors (Lipinski definition) is 3. The number of nitrogens with zero attached hydrogens (tertiary/aromatic N) is 1. The second kappa shape index (κ2) is 13.2. The van der Waals surface area contributed by atoms with Crippen LogP contribution in [0, 0.1) is 0 Å². The van der Waals surface area contributed by atoms with E-state index in [1.54, 1.807) is 84.9 Å². The second-order valence-corrected chi connectivity index (χ2v) is 8.21. The van der Waals surface area contributed by atoms with Gasteiger partial charge in [-0.05, 0) is 78.4 Å². The largest absolute Gasteiger partial charge is 0.497 e. The quantitative estimate of drug-likeness (QED) is 0.101. The van der Waals surface area contributed by atoms with Gasteiger partial charge in [-0.1, -0.05) is 30.3 Å². The first-order valence-corrected chi connectivity index (χ1v) is 12.0. The average Bonchev–Trinajstić information content (AvgIpc) is 2.98. The Hall–Kier alpha value is -5.77. The van der Waals surface area contributed by atoms with Crippen LogP contribution in [-0.2, 0) is 9.59 Å². The Morgan fingerprint density at radius 3 is 2.05 bits per heavy atom. The lowest BCUT2D eigenvalue weighted by Crippen LogP contribution is -2.33. The van der Waals surface area contributed by atoms with Crippen molar-refractivity contribution in [3.8, 4) is 11.5 Å². The Kier molecular flexibility index (Phi) is 8.97. The van der Waals surface area contributed by atoms with Crippen LogP contribution in [0.3, 0.4) is 0 Å². The van der Waals surface area contributed by atoms with E-state index < -0.39 is 23.7 Å². The Bertz CT molecular complexity index is 1530. The number of methoxy groups -OCH3 is 1. The molecule has 0 aromatic heterocycles. The van der Waals surface area contributed by atoms with Crippen LogP contribution in [0.5, 0.6) is 11.5 Å². The van der Waals surface area contributed by atoms with Crippen LogP contribution in [0.25, 0.3) is 0 Å². The molecule has 4 aromatic rings. The summed E-state index contributed by atoms with van der Waals surface area (Å²) in [4.78, 5) is 49.6. The Morgan fingerprint density at radius 2 is 1.35 bits per heavy atom. The second-order valence-electron chi connectivity index (χ2n) is 8.21. The number of carbonyl (C=O) groups excluding carboxylic acids is 4. The van der Waals surface area contributed by atoms with Gasteiger partial charge in [0.1, 0.15) is 11.5 Å². The Balaban J connectivity index is 1.29. The fraction of sp³-hybridized carbons (Fsp3) is 0.0333. The van der Waals surface area contributed by atoms with Gasteiger partial charge in [0.15, 0.2) is 0 Å². The van der Waals surface area contributed by atoms with Crippen molar-refractivity contribution in [1.82, 2.24) is 5.43 Å². The van der Waals surface area contributed by atoms with E-state index in [0.717, 1.165) is 0 Å². The van der Waals surface area contributed by atoms with Gasteiger partial charge in [-0.15, -0.1) is 0 Å². The third-order valence-electron chi connectivity index (χ3n) is 5.45. The van der Waals surface area contributed by atoms with Gasteiger partial charge in [0.2, 0.25) is 0 Å². The maximum Gasteiger partial charge on any atom is 0.343 e. The molecule has 0 spiro atoms. The molecule has 0 atom stereocenters. The number of para-hydroxylation sites is 2. The highest BCUT2D eigenvalue weighted by atomic mass is 16.5. The first-order chi connectivity index (χ1) is 19.4. The molecule has 4 aromatic carbocycles. The van der Waals surface area contributed by atoms with Crippen molar-refractivity contribution in [2.75, 3.05) is 17.7 Å². The molecule has 0 fully saturated rings. The summed E-state index contributed by atoms with van der Waals surface area (Å²) in [5, 5.41) is 8.95. The average molecular weight is 537 g/mol. The van der Waals surface area contributed by atoms with Crippen LogP contribution >= 0.6 is 0 Å². The van der Waals surface area contributed by atoms with Crippen LogP contribution in [0.1, 0.15) is 26.3 Å². The molecular weight excluding hydrogens is 512 g/mol. The van der Waals surface area contributed by atoms with Crippen molar-refractivity contribution >= 4 is 41.3 Å². The zero-order chi connectivity index (χ0) is 28.3. The lowest BCUT2D eigenvalue weighted by atomic mass is 10.1. The van der Waals surface area contributed by atoms with Gasteiger partial charge in [0, 0.05) is 5.69 Å². The topological polar surface area (TPSA) is 135 Å². The maximum absolute atomic E-state index is 12.7. The summed E-state index contributed by atoms with van der Waals surface area (Å²) < 4.78 is 10.4. The van der Waals surface area contributed by atoms with E-state index in [1.165, 1.54) is 25.5 Å². The molecule has 0 radical (unpaired) electrons. The lowest BCUT2D eigenvalue weighted by molar-refractivity contribution is -0.136. The van der Waals surface area contributed by atoms with Gasteiger partial charge < -0.3 is 20.1 Å². The molecule has 0 heterocycles. The van der Waals surface area contributed by atoms with Crippen molar-refractivity contribution in [3.63, 3.8) is 0 Å². The Morgan fingerprint density at radius 1 is 0.700 bits per heavy atom. The highest BCUT2D eigenvalue weighted by Crippen LogP contribution is 2.18. The molecular formula is C30H24N4O6. The molecule has 10 heteroatoms. The van der Waals surface area contributed by atoms with Gasteiger partial charge in [-0.25, -0.2) is 10.2 Å². The third kappa shape index (κ3) is 7.39. The van der Waals surface area contributed by atoms with Gasteiger partial charge in [-0.3, -0.25) is 14.4 Å². The van der Waals surface area contributed by atoms with Crippen LogP contribution in [0.15, 0.2) is 108 Å². The van der Waals surface area contributed by atoms with E-state index in [2.05, 4.69) is 21.2 Å². The van der Waals surface area contributed by atoms with E-state index in [0.29, 0.717) is 28.3 Å². The molecule has 200 valence electrons. The van der Waals surface area contributed by atoms with E-state index in [4.69, 9.17) is 9.47 Å². The number of nitrogens with one attached hydrogen (secondary N) is 3. The normalized spacial score (nSPS) is 10.4. The predicted octanol–water partition coefficient (Wildman–Crippen LogP) is 4.26. The van der Waals surface area contributed by atoms with Gasteiger partial charge in [-0.2, -0.15) is 5.10 Å². The summed E-state index contributed by atoms with van der Waals surface area (Å²) in [5.41, 5.74) is 4.02. The van der Waals surface area contributed by atoms with Crippen molar-refractivity contribution in [2.45, 2.75) is 0 Å². The van der Waals surface area contributed by atoms with Crippen molar-refractivity contribution in [2.24, 2.45) is 5.10 Å². The summed E-state index contributed by atoms with van der Waals surface area (Å²) in [5.74, 6) is -2.06. The van der Waals surface area contributed by atoms with Crippen LogP contribution in [0.2, 0.25) is 0 Å². The molecule has 0 aliphatic carbocycles. The third-order valence-corrected chi connectivity index (χ3v) is 5.45. The molecule has 10 nitrogen and oxygen atoms in total. The van der Waals surface area contributed by atoms with E-state index in [-0.39, 0.29) is 11.3 Å². The summed E-state index contributed by atoms with van der Waals surface area (Å²) in [6, 6.07) is 28.0. The van der Waals surface area contributed by atoms with Gasteiger partial charge >= 0.3 is 17.8 Å². The van der Waals surface area contributed by atoms with E-state index >= 15 is 0 Å². The number of anilines is 2. The van der Waals surface area contributed by atoms with Crippen LogP contribution in [0.4, 0.5) is 11.4 Å². The molecule has 3 N–H and O–H groups in total. The molecule has 0 unspecified atom stereocenters. The minimum absolute atomic E-state index is 0.167. The molecule has 0 aliphatic heterocycles.